The number of anilines is 1. The Bertz CT molecular complexity index is 961. The van der Waals surface area contributed by atoms with Crippen LogP contribution in [-0.2, 0) is 9.59 Å². The zero-order valence-electron chi connectivity index (χ0n) is 17.7. The van der Waals surface area contributed by atoms with Crippen molar-refractivity contribution in [3.05, 3.63) is 65.9 Å². The highest BCUT2D eigenvalue weighted by atomic mass is 16.5. The van der Waals surface area contributed by atoms with E-state index < -0.39 is 0 Å². The molecule has 0 spiro atoms. The number of likely N-dealkylation sites (tertiary alicyclic amines) is 1. The van der Waals surface area contributed by atoms with E-state index in [0.717, 1.165) is 31.5 Å². The van der Waals surface area contributed by atoms with Crippen LogP contribution in [-0.4, -0.2) is 62.0 Å². The number of piperidine rings is 1. The van der Waals surface area contributed by atoms with E-state index in [-0.39, 0.29) is 17.9 Å². The van der Waals surface area contributed by atoms with Crippen molar-refractivity contribution in [3.8, 4) is 5.75 Å². The minimum absolute atomic E-state index is 0.225. The number of benzene rings is 2. The molecule has 2 aliphatic rings. The molecule has 1 saturated heterocycles. The third-order valence-corrected chi connectivity index (χ3v) is 6.04. The molecule has 0 bridgehead atoms. The van der Waals surface area contributed by atoms with Gasteiger partial charge in [-0.1, -0.05) is 30.3 Å². The highest BCUT2D eigenvalue weighted by Gasteiger charge is 2.43. The number of imide groups is 1. The predicted octanol–water partition coefficient (Wildman–Crippen LogP) is 3.01. The average molecular weight is 405 g/mol. The number of hydrogen-bond donors (Lipinski definition) is 0. The van der Waals surface area contributed by atoms with Crippen LogP contribution in [0.15, 0.2) is 60.3 Å². The van der Waals surface area contributed by atoms with Crippen LogP contribution in [0.5, 0.6) is 5.75 Å². The maximum atomic E-state index is 13.6. The molecule has 0 radical (unpaired) electrons. The summed E-state index contributed by atoms with van der Waals surface area (Å²) >= 11 is 0. The minimum Gasteiger partial charge on any atom is -0.497 e. The molecule has 30 heavy (non-hydrogen) atoms. The molecule has 156 valence electrons. The van der Waals surface area contributed by atoms with Crippen LogP contribution in [0.1, 0.15) is 18.4 Å². The van der Waals surface area contributed by atoms with Crippen LogP contribution in [0.25, 0.3) is 5.57 Å². The lowest BCUT2D eigenvalue weighted by Crippen LogP contribution is -2.43. The van der Waals surface area contributed by atoms with Gasteiger partial charge in [-0.05, 0) is 62.8 Å². The first-order chi connectivity index (χ1) is 14.5. The maximum absolute atomic E-state index is 13.6. The lowest BCUT2D eigenvalue weighted by Gasteiger charge is -2.36. The summed E-state index contributed by atoms with van der Waals surface area (Å²) in [7, 11) is 5.64. The van der Waals surface area contributed by atoms with Crippen molar-refractivity contribution in [1.29, 1.82) is 0 Å². The summed E-state index contributed by atoms with van der Waals surface area (Å²) in [6, 6.07) is 16.7. The Morgan fingerprint density at radius 1 is 0.933 bits per heavy atom. The smallest absolute Gasteiger partial charge is 0.282 e. The van der Waals surface area contributed by atoms with Crippen LogP contribution < -0.4 is 9.64 Å². The number of methoxy groups -OCH3 is 1. The number of ether oxygens (including phenoxy) is 1. The quantitative estimate of drug-likeness (QED) is 0.716. The number of carbonyl (C=O) groups excluding carboxylic acids is 2. The Hall–Kier alpha value is -3.12. The fourth-order valence-corrected chi connectivity index (χ4v) is 4.24. The SMILES string of the molecule is COc1ccc(N2C(=O)C(c3ccccc3)=C(N(C)C3CCN(C)CC3)C2=O)cc1. The molecular formula is C24H27N3O3. The molecule has 0 N–H and O–H groups in total. The van der Waals surface area contributed by atoms with Gasteiger partial charge in [0.05, 0.1) is 18.4 Å². The molecule has 6 nitrogen and oxygen atoms in total. The second-order valence-electron chi connectivity index (χ2n) is 7.88. The predicted molar refractivity (Wildman–Crippen MR) is 117 cm³/mol. The van der Waals surface area contributed by atoms with Crippen LogP contribution in [0, 0.1) is 0 Å². The van der Waals surface area contributed by atoms with Gasteiger partial charge < -0.3 is 14.5 Å². The Morgan fingerprint density at radius 2 is 1.57 bits per heavy atom. The minimum atomic E-state index is -0.286. The molecule has 1 fully saturated rings. The highest BCUT2D eigenvalue weighted by molar-refractivity contribution is 6.45. The molecular weight excluding hydrogens is 378 g/mol. The van der Waals surface area contributed by atoms with Crippen LogP contribution in [0.2, 0.25) is 0 Å². The van der Waals surface area contributed by atoms with Gasteiger partial charge in [0, 0.05) is 13.1 Å². The van der Waals surface area contributed by atoms with E-state index >= 15 is 0 Å². The first kappa shape index (κ1) is 20.2. The lowest BCUT2D eigenvalue weighted by atomic mass is 10.0. The van der Waals surface area contributed by atoms with Crippen LogP contribution in [0.4, 0.5) is 5.69 Å². The third-order valence-electron chi connectivity index (χ3n) is 6.04. The van der Waals surface area contributed by atoms with Gasteiger partial charge in [-0.3, -0.25) is 9.59 Å². The normalized spacial score (nSPS) is 18.3. The molecule has 0 aliphatic carbocycles. The molecule has 0 unspecified atom stereocenters. The summed E-state index contributed by atoms with van der Waals surface area (Å²) < 4.78 is 5.21. The van der Waals surface area contributed by atoms with E-state index in [2.05, 4.69) is 11.9 Å². The Morgan fingerprint density at radius 3 is 2.17 bits per heavy atom. The number of rotatable bonds is 5. The van der Waals surface area contributed by atoms with E-state index in [1.54, 1.807) is 31.4 Å². The Balaban J connectivity index is 1.75. The number of carbonyl (C=O) groups is 2. The van der Waals surface area contributed by atoms with Crippen molar-refractivity contribution in [1.82, 2.24) is 9.80 Å². The van der Waals surface area contributed by atoms with Gasteiger partial charge in [0.15, 0.2) is 0 Å². The first-order valence-corrected chi connectivity index (χ1v) is 10.2. The van der Waals surface area contributed by atoms with Crippen molar-refractivity contribution in [3.63, 3.8) is 0 Å². The summed E-state index contributed by atoms with van der Waals surface area (Å²) in [5.41, 5.74) is 2.27. The molecule has 0 saturated carbocycles. The monoisotopic (exact) mass is 405 g/mol. The molecule has 6 heteroatoms. The summed E-state index contributed by atoms with van der Waals surface area (Å²) in [6.07, 6.45) is 1.92. The largest absolute Gasteiger partial charge is 0.497 e. The third kappa shape index (κ3) is 3.59. The van der Waals surface area contributed by atoms with E-state index in [4.69, 9.17) is 4.74 Å². The summed E-state index contributed by atoms with van der Waals surface area (Å²) in [5.74, 6) is 0.120. The second kappa shape index (κ2) is 8.32. The van der Waals surface area contributed by atoms with Crippen LogP contribution in [0.3, 0.4) is 0 Å². The molecule has 2 amide bonds. The number of likely N-dealkylation sites (N-methyl/N-ethyl adjacent to an activating group) is 1. The van der Waals surface area contributed by atoms with Crippen molar-refractivity contribution in [2.45, 2.75) is 18.9 Å². The fraction of sp³-hybridized carbons (Fsp3) is 0.333. The van der Waals surface area contributed by atoms with E-state index in [0.29, 0.717) is 22.7 Å². The van der Waals surface area contributed by atoms with Crippen molar-refractivity contribution >= 4 is 23.1 Å². The van der Waals surface area contributed by atoms with E-state index in [1.807, 2.05) is 42.3 Å². The van der Waals surface area contributed by atoms with E-state index in [9.17, 15) is 9.59 Å². The zero-order valence-corrected chi connectivity index (χ0v) is 17.7. The summed E-state index contributed by atoms with van der Waals surface area (Å²) in [6.45, 7) is 1.96. The van der Waals surface area contributed by atoms with Gasteiger partial charge >= 0.3 is 0 Å². The summed E-state index contributed by atoms with van der Waals surface area (Å²) in [4.78, 5) is 32.7. The average Bonchev–Trinajstić information content (AvgIpc) is 3.04. The van der Waals surface area contributed by atoms with Gasteiger partial charge in [0.25, 0.3) is 11.8 Å². The van der Waals surface area contributed by atoms with Gasteiger partial charge in [-0.2, -0.15) is 0 Å². The van der Waals surface area contributed by atoms with Gasteiger partial charge in [0.1, 0.15) is 11.4 Å². The fourth-order valence-electron chi connectivity index (χ4n) is 4.24. The molecule has 0 aromatic heterocycles. The Labute approximate surface area is 177 Å². The first-order valence-electron chi connectivity index (χ1n) is 10.2. The number of amides is 2. The number of hydrogen-bond acceptors (Lipinski definition) is 5. The molecule has 2 aromatic carbocycles. The standard InChI is InChI=1S/C24H27N3O3/c1-25-15-13-18(14-16-25)26(2)22-21(17-7-5-4-6-8-17)23(28)27(24(22)29)19-9-11-20(30-3)12-10-19/h4-12,18H,13-16H2,1-3H3. The lowest BCUT2D eigenvalue weighted by molar-refractivity contribution is -0.120. The molecule has 4 rings (SSSR count). The van der Waals surface area contributed by atoms with Gasteiger partial charge in [-0.25, -0.2) is 4.90 Å². The van der Waals surface area contributed by atoms with Gasteiger partial charge in [0.2, 0.25) is 0 Å². The maximum Gasteiger partial charge on any atom is 0.282 e. The van der Waals surface area contributed by atoms with E-state index in [1.165, 1.54) is 4.90 Å². The second-order valence-corrected chi connectivity index (χ2v) is 7.88. The molecule has 2 aromatic rings. The Kier molecular flexibility index (Phi) is 5.59. The van der Waals surface area contributed by atoms with Crippen LogP contribution >= 0.6 is 0 Å². The topological polar surface area (TPSA) is 53.1 Å². The summed E-state index contributed by atoms with van der Waals surface area (Å²) in [5, 5.41) is 0. The number of nitrogens with zero attached hydrogens (tertiary/aromatic N) is 3. The van der Waals surface area contributed by atoms with Crippen molar-refractivity contribution in [2.75, 3.05) is 39.2 Å². The molecule has 2 aliphatic heterocycles. The van der Waals surface area contributed by atoms with Crippen molar-refractivity contribution < 1.29 is 14.3 Å². The highest BCUT2D eigenvalue weighted by Crippen LogP contribution is 2.36. The van der Waals surface area contributed by atoms with Crippen molar-refractivity contribution in [2.24, 2.45) is 0 Å². The molecule has 0 atom stereocenters. The van der Waals surface area contributed by atoms with Gasteiger partial charge in [-0.15, -0.1) is 0 Å². The molecule has 2 heterocycles. The zero-order chi connectivity index (χ0) is 21.3.